The van der Waals surface area contributed by atoms with Crippen LogP contribution in [-0.4, -0.2) is 71.4 Å². The number of fused-ring (bicyclic) bond motifs is 1. The second kappa shape index (κ2) is 9.05. The van der Waals surface area contributed by atoms with Gasteiger partial charge in [-0.2, -0.15) is 5.10 Å². The van der Waals surface area contributed by atoms with Crippen LogP contribution in [0.15, 0.2) is 24.5 Å². The molecule has 4 heterocycles. The molecule has 0 aromatic carbocycles. The van der Waals surface area contributed by atoms with Gasteiger partial charge in [0, 0.05) is 37.2 Å². The van der Waals surface area contributed by atoms with E-state index in [-0.39, 0.29) is 18.2 Å². The normalized spacial score (nSPS) is 22.7. The summed E-state index contributed by atoms with van der Waals surface area (Å²) in [6.45, 7) is 5.35. The molecule has 11 heteroatoms. The van der Waals surface area contributed by atoms with E-state index in [1.54, 1.807) is 32.3 Å². The van der Waals surface area contributed by atoms with Crippen molar-refractivity contribution in [2.24, 2.45) is 0 Å². The first-order valence-electron chi connectivity index (χ1n) is 11.0. The molecule has 0 bridgehead atoms. The van der Waals surface area contributed by atoms with Gasteiger partial charge in [-0.1, -0.05) is 0 Å². The summed E-state index contributed by atoms with van der Waals surface area (Å²) in [6.07, 6.45) is 7.76. The molecule has 2 aliphatic rings. The molecule has 2 atom stereocenters. The molecule has 0 radical (unpaired) electrons. The van der Waals surface area contributed by atoms with Gasteiger partial charge in [0.25, 0.3) is 0 Å². The molecule has 2 aliphatic heterocycles. The summed E-state index contributed by atoms with van der Waals surface area (Å²) >= 11 is 0. The van der Waals surface area contributed by atoms with Crippen molar-refractivity contribution < 1.29 is 18.3 Å². The maximum atomic E-state index is 12.0. The van der Waals surface area contributed by atoms with Gasteiger partial charge in [0.2, 0.25) is 16.0 Å². The molecule has 2 N–H and O–H groups in total. The summed E-state index contributed by atoms with van der Waals surface area (Å²) in [7, 11) is -3.38. The van der Waals surface area contributed by atoms with E-state index in [0.29, 0.717) is 25.1 Å². The standard InChI is InChI=1S/C21H32N6O4S/c1-21(2,28)19-13-15-5-6-17(25-32(3,29)30)18(27(15)24-19)14-31-16-7-11-26(12-8-16)20-22-9-4-10-23-20/h4,9-10,13,16-18,25,28H,5-8,11-12,14H2,1-3H3. The van der Waals surface area contributed by atoms with E-state index in [2.05, 4.69) is 24.7 Å². The Hall–Kier alpha value is -2.08. The minimum absolute atomic E-state index is 0.0727. The lowest BCUT2D eigenvalue weighted by molar-refractivity contribution is 0.00529. The highest BCUT2D eigenvalue weighted by Gasteiger charge is 2.35. The first-order valence-corrected chi connectivity index (χ1v) is 12.9. The fourth-order valence-corrected chi connectivity index (χ4v) is 5.21. The molecule has 2 aromatic heterocycles. The van der Waals surface area contributed by atoms with Crippen LogP contribution >= 0.6 is 0 Å². The first-order chi connectivity index (χ1) is 15.1. The largest absolute Gasteiger partial charge is 0.384 e. The van der Waals surface area contributed by atoms with E-state index >= 15 is 0 Å². The van der Waals surface area contributed by atoms with Crippen LogP contribution in [0.4, 0.5) is 5.95 Å². The van der Waals surface area contributed by atoms with Crippen molar-refractivity contribution in [1.82, 2.24) is 24.5 Å². The summed E-state index contributed by atoms with van der Waals surface area (Å²) in [5.41, 5.74) is 0.494. The van der Waals surface area contributed by atoms with Gasteiger partial charge in [-0.05, 0) is 51.7 Å². The molecule has 10 nitrogen and oxygen atoms in total. The van der Waals surface area contributed by atoms with Crippen LogP contribution in [0.2, 0.25) is 0 Å². The second-order valence-corrected chi connectivity index (χ2v) is 11.0. The molecule has 0 spiro atoms. The van der Waals surface area contributed by atoms with Gasteiger partial charge in [0.15, 0.2) is 0 Å². The highest BCUT2D eigenvalue weighted by molar-refractivity contribution is 7.88. The fraction of sp³-hybridized carbons (Fsp3) is 0.667. The molecule has 2 unspecified atom stereocenters. The molecule has 0 amide bonds. The lowest BCUT2D eigenvalue weighted by atomic mass is 9.97. The SMILES string of the molecule is CC(C)(O)c1cc2n(n1)C(COC1CCN(c3ncccn3)CC1)C(NS(C)(=O)=O)CC2. The third-order valence-corrected chi connectivity index (χ3v) is 6.81. The van der Waals surface area contributed by atoms with Crippen molar-refractivity contribution in [2.45, 2.75) is 63.3 Å². The third-order valence-electron chi connectivity index (χ3n) is 6.08. The molecule has 32 heavy (non-hydrogen) atoms. The molecule has 1 fully saturated rings. The molecule has 0 saturated carbocycles. The summed E-state index contributed by atoms with van der Waals surface area (Å²) in [4.78, 5) is 10.8. The third kappa shape index (κ3) is 5.45. The van der Waals surface area contributed by atoms with Gasteiger partial charge in [-0.25, -0.2) is 23.1 Å². The summed E-state index contributed by atoms with van der Waals surface area (Å²) in [5.74, 6) is 0.732. The maximum absolute atomic E-state index is 12.0. The zero-order valence-corrected chi connectivity index (χ0v) is 19.6. The topological polar surface area (TPSA) is 122 Å². The second-order valence-electron chi connectivity index (χ2n) is 9.20. The highest BCUT2D eigenvalue weighted by atomic mass is 32.2. The van der Waals surface area contributed by atoms with E-state index in [0.717, 1.165) is 37.6 Å². The van der Waals surface area contributed by atoms with Gasteiger partial charge in [-0.3, -0.25) is 4.68 Å². The van der Waals surface area contributed by atoms with Gasteiger partial charge in [-0.15, -0.1) is 0 Å². The number of sulfonamides is 1. The highest BCUT2D eigenvalue weighted by Crippen LogP contribution is 2.30. The summed E-state index contributed by atoms with van der Waals surface area (Å²) in [5, 5.41) is 15.0. The predicted octanol–water partition coefficient (Wildman–Crippen LogP) is 0.991. The van der Waals surface area contributed by atoms with Crippen LogP contribution in [0.5, 0.6) is 0 Å². The number of aliphatic hydroxyl groups is 1. The van der Waals surface area contributed by atoms with Crippen LogP contribution < -0.4 is 9.62 Å². The lowest BCUT2D eigenvalue weighted by Crippen LogP contribution is -2.47. The number of hydrogen-bond donors (Lipinski definition) is 2. The zero-order valence-electron chi connectivity index (χ0n) is 18.8. The molecular formula is C21H32N6O4S. The average Bonchev–Trinajstić information content (AvgIpc) is 3.18. The zero-order chi connectivity index (χ0) is 22.9. The Morgan fingerprint density at radius 2 is 1.91 bits per heavy atom. The number of ether oxygens (including phenoxy) is 1. The van der Waals surface area contributed by atoms with Gasteiger partial charge >= 0.3 is 0 Å². The molecule has 0 aliphatic carbocycles. The minimum atomic E-state index is -3.38. The molecule has 176 valence electrons. The Morgan fingerprint density at radius 1 is 1.22 bits per heavy atom. The van der Waals surface area contributed by atoms with E-state index in [4.69, 9.17) is 4.74 Å². The number of aryl methyl sites for hydroxylation is 1. The number of hydrogen-bond acceptors (Lipinski definition) is 8. The van der Waals surface area contributed by atoms with E-state index in [1.807, 2.05) is 10.7 Å². The predicted molar refractivity (Wildman–Crippen MR) is 120 cm³/mol. The Bertz CT molecular complexity index is 1010. The Kier molecular flexibility index (Phi) is 6.53. The molecule has 2 aromatic rings. The fourth-order valence-electron chi connectivity index (χ4n) is 4.38. The number of aromatic nitrogens is 4. The summed E-state index contributed by atoms with van der Waals surface area (Å²) in [6, 6.07) is 3.12. The van der Waals surface area contributed by atoms with Gasteiger partial charge in [0.1, 0.15) is 5.60 Å². The van der Waals surface area contributed by atoms with E-state index in [1.165, 1.54) is 6.26 Å². The number of piperidine rings is 1. The Labute approximate surface area is 189 Å². The average molecular weight is 465 g/mol. The maximum Gasteiger partial charge on any atom is 0.225 e. The van der Waals surface area contributed by atoms with Gasteiger partial charge < -0.3 is 14.7 Å². The molecule has 1 saturated heterocycles. The van der Waals surface area contributed by atoms with Crippen molar-refractivity contribution in [3.63, 3.8) is 0 Å². The van der Waals surface area contributed by atoms with E-state index < -0.39 is 15.6 Å². The lowest BCUT2D eigenvalue weighted by Gasteiger charge is -2.36. The van der Waals surface area contributed by atoms with E-state index in [9.17, 15) is 13.5 Å². The number of anilines is 1. The van der Waals surface area contributed by atoms with Crippen molar-refractivity contribution in [2.75, 3.05) is 30.9 Å². The van der Waals surface area contributed by atoms with Crippen molar-refractivity contribution >= 4 is 16.0 Å². The quantitative estimate of drug-likeness (QED) is 0.622. The van der Waals surface area contributed by atoms with Crippen LogP contribution in [0.3, 0.4) is 0 Å². The minimum Gasteiger partial charge on any atom is -0.384 e. The van der Waals surface area contributed by atoms with Crippen LogP contribution in [-0.2, 0) is 26.8 Å². The number of rotatable bonds is 7. The smallest absolute Gasteiger partial charge is 0.225 e. The van der Waals surface area contributed by atoms with Crippen molar-refractivity contribution in [1.29, 1.82) is 0 Å². The number of nitrogens with zero attached hydrogens (tertiary/aromatic N) is 5. The van der Waals surface area contributed by atoms with Crippen LogP contribution in [0.1, 0.15) is 50.5 Å². The number of nitrogens with one attached hydrogen (secondary N) is 1. The summed E-state index contributed by atoms with van der Waals surface area (Å²) < 4.78 is 34.8. The first kappa shape index (κ1) is 23.1. The molecular weight excluding hydrogens is 432 g/mol. The van der Waals surface area contributed by atoms with Gasteiger partial charge in [0.05, 0.1) is 30.7 Å². The Morgan fingerprint density at radius 3 is 2.53 bits per heavy atom. The van der Waals surface area contributed by atoms with Crippen molar-refractivity contribution in [3.8, 4) is 0 Å². The van der Waals surface area contributed by atoms with Crippen LogP contribution in [0.25, 0.3) is 0 Å². The molecule has 4 rings (SSSR count). The monoisotopic (exact) mass is 464 g/mol. The Balaban J connectivity index is 1.44. The van der Waals surface area contributed by atoms with Crippen molar-refractivity contribution in [3.05, 3.63) is 35.9 Å². The van der Waals surface area contributed by atoms with Crippen LogP contribution in [0, 0.1) is 0 Å².